The number of carbonyl (C=O) groups excluding carboxylic acids is 1. The molecule has 0 saturated heterocycles. The topological polar surface area (TPSA) is 48.4 Å². The molecular weight excluding hydrogens is 244 g/mol. The zero-order chi connectivity index (χ0) is 12.3. The van der Waals surface area contributed by atoms with E-state index >= 15 is 0 Å². The summed E-state index contributed by atoms with van der Waals surface area (Å²) in [6.07, 6.45) is -2.04. The van der Waals surface area contributed by atoms with Gasteiger partial charge in [-0.15, -0.1) is 0 Å². The summed E-state index contributed by atoms with van der Waals surface area (Å²) in [7, 11) is 2.48. The number of hydrogen-bond acceptors (Lipinski definition) is 4. The monoisotopic (exact) mass is 251 g/mol. The van der Waals surface area contributed by atoms with Gasteiger partial charge in [-0.2, -0.15) is 0 Å². The Bertz CT molecular complexity index is 412. The molecule has 0 bridgehead atoms. The molecule has 0 N–H and O–H groups in total. The number of aromatic nitrogens is 1. The van der Waals surface area contributed by atoms with Crippen molar-refractivity contribution in [1.82, 2.24) is 4.98 Å². The molecule has 7 heteroatoms. The van der Waals surface area contributed by atoms with Crippen molar-refractivity contribution in [1.29, 1.82) is 0 Å². The van der Waals surface area contributed by atoms with Crippen molar-refractivity contribution in [3.8, 4) is 11.6 Å². The van der Waals surface area contributed by atoms with Crippen LogP contribution >= 0.6 is 11.6 Å². The van der Waals surface area contributed by atoms with E-state index in [4.69, 9.17) is 21.1 Å². The average molecular weight is 252 g/mol. The van der Waals surface area contributed by atoms with Crippen LogP contribution in [0, 0.1) is 0 Å². The van der Waals surface area contributed by atoms with E-state index in [-0.39, 0.29) is 11.6 Å². The molecule has 0 saturated carbocycles. The van der Waals surface area contributed by atoms with Crippen LogP contribution in [0.15, 0.2) is 6.20 Å². The number of ether oxygens (including phenoxy) is 2. The fraction of sp³-hybridized carbons (Fsp3) is 0.333. The van der Waals surface area contributed by atoms with Gasteiger partial charge in [0.15, 0.2) is 5.75 Å². The summed E-state index contributed by atoms with van der Waals surface area (Å²) in [5.74, 6) is -0.267. The summed E-state index contributed by atoms with van der Waals surface area (Å²) in [4.78, 5) is 14.7. The van der Waals surface area contributed by atoms with Crippen LogP contribution in [0.2, 0.25) is 0 Å². The third-order valence-electron chi connectivity index (χ3n) is 1.86. The minimum atomic E-state index is -2.87. The highest BCUT2D eigenvalue weighted by molar-refractivity contribution is 6.68. The Morgan fingerprint density at radius 1 is 1.44 bits per heavy atom. The molecule has 0 radical (unpaired) electrons. The van der Waals surface area contributed by atoms with Crippen LogP contribution in [0.25, 0.3) is 0 Å². The van der Waals surface area contributed by atoms with Gasteiger partial charge >= 0.3 is 0 Å². The van der Waals surface area contributed by atoms with Gasteiger partial charge in [-0.05, 0) is 11.6 Å². The van der Waals surface area contributed by atoms with Crippen LogP contribution in [0.5, 0.6) is 11.6 Å². The summed E-state index contributed by atoms with van der Waals surface area (Å²) in [5.41, 5.74) is -1.01. The Hall–Kier alpha value is -1.43. The SMILES string of the molecule is COc1ncc(C(F)F)c(C(=O)Cl)c1OC. The lowest BCUT2D eigenvalue weighted by atomic mass is 10.1. The summed E-state index contributed by atoms with van der Waals surface area (Å²) in [6.45, 7) is 0. The fourth-order valence-electron chi connectivity index (χ4n) is 1.19. The van der Waals surface area contributed by atoms with Crippen molar-refractivity contribution < 1.29 is 23.0 Å². The van der Waals surface area contributed by atoms with Gasteiger partial charge in [-0.3, -0.25) is 4.79 Å². The molecule has 0 amide bonds. The zero-order valence-electron chi connectivity index (χ0n) is 8.46. The molecule has 0 atom stereocenters. The molecule has 0 fully saturated rings. The van der Waals surface area contributed by atoms with E-state index in [1.165, 1.54) is 14.2 Å². The minimum Gasteiger partial charge on any atom is -0.491 e. The molecule has 0 aromatic carbocycles. The minimum absolute atomic E-state index is 0.0732. The van der Waals surface area contributed by atoms with E-state index in [1.807, 2.05) is 0 Å². The van der Waals surface area contributed by atoms with Crippen molar-refractivity contribution in [2.75, 3.05) is 14.2 Å². The predicted octanol–water partition coefficient (Wildman–Crippen LogP) is 2.42. The van der Waals surface area contributed by atoms with Gasteiger partial charge in [0.25, 0.3) is 17.5 Å². The lowest BCUT2D eigenvalue weighted by Gasteiger charge is -2.12. The third kappa shape index (κ3) is 2.21. The lowest BCUT2D eigenvalue weighted by molar-refractivity contribution is 0.106. The van der Waals surface area contributed by atoms with E-state index in [2.05, 4.69) is 4.98 Å². The molecular formula is C9H8ClF2NO3. The average Bonchev–Trinajstić information content (AvgIpc) is 2.26. The van der Waals surface area contributed by atoms with Crippen LogP contribution < -0.4 is 9.47 Å². The molecule has 1 aromatic rings. The Labute approximate surface area is 95.1 Å². The van der Waals surface area contributed by atoms with Gasteiger partial charge in [0.05, 0.1) is 25.3 Å². The number of nitrogens with zero attached hydrogens (tertiary/aromatic N) is 1. The number of rotatable bonds is 4. The molecule has 16 heavy (non-hydrogen) atoms. The van der Waals surface area contributed by atoms with Crippen LogP contribution in [0.3, 0.4) is 0 Å². The molecule has 1 heterocycles. The molecule has 88 valence electrons. The first-order valence-electron chi connectivity index (χ1n) is 4.11. The maximum atomic E-state index is 12.6. The molecule has 0 unspecified atom stereocenters. The van der Waals surface area contributed by atoms with E-state index in [0.717, 1.165) is 6.20 Å². The third-order valence-corrected chi connectivity index (χ3v) is 2.05. The van der Waals surface area contributed by atoms with E-state index in [0.29, 0.717) is 0 Å². The molecule has 1 aromatic heterocycles. The summed E-state index contributed by atoms with van der Waals surface area (Å²) in [6, 6.07) is 0. The number of alkyl halides is 2. The van der Waals surface area contributed by atoms with Crippen molar-refractivity contribution >= 4 is 16.8 Å². The summed E-state index contributed by atoms with van der Waals surface area (Å²) in [5, 5.41) is -1.05. The standard InChI is InChI=1S/C9H8ClF2NO3/c1-15-6-5(7(10)14)4(8(11)12)3-13-9(6)16-2/h3,8H,1-2H3. The lowest BCUT2D eigenvalue weighted by Crippen LogP contribution is -2.05. The highest BCUT2D eigenvalue weighted by atomic mass is 35.5. The van der Waals surface area contributed by atoms with Gasteiger partial charge in [0, 0.05) is 6.20 Å². The van der Waals surface area contributed by atoms with Crippen LogP contribution in [0.1, 0.15) is 22.3 Å². The Morgan fingerprint density at radius 2 is 2.06 bits per heavy atom. The molecule has 0 aliphatic carbocycles. The molecule has 4 nitrogen and oxygen atoms in total. The molecule has 0 aliphatic rings. The summed E-state index contributed by atoms with van der Waals surface area (Å²) >= 11 is 5.23. The van der Waals surface area contributed by atoms with E-state index in [9.17, 15) is 13.6 Å². The Balaban J connectivity index is 3.50. The smallest absolute Gasteiger partial charge is 0.266 e. The highest BCUT2D eigenvalue weighted by Gasteiger charge is 2.25. The first-order chi connectivity index (χ1) is 7.52. The summed E-state index contributed by atoms with van der Waals surface area (Å²) < 4.78 is 34.7. The van der Waals surface area contributed by atoms with Crippen LogP contribution in [-0.2, 0) is 0 Å². The van der Waals surface area contributed by atoms with Gasteiger partial charge in [-0.1, -0.05) is 0 Å². The predicted molar refractivity (Wildman–Crippen MR) is 52.5 cm³/mol. The van der Waals surface area contributed by atoms with Gasteiger partial charge < -0.3 is 9.47 Å². The largest absolute Gasteiger partial charge is 0.491 e. The zero-order valence-corrected chi connectivity index (χ0v) is 9.22. The maximum absolute atomic E-state index is 12.6. The second-order valence-corrected chi connectivity index (χ2v) is 3.05. The first-order valence-corrected chi connectivity index (χ1v) is 4.49. The van der Waals surface area contributed by atoms with Crippen LogP contribution in [0.4, 0.5) is 8.78 Å². The Kier molecular flexibility index (Phi) is 4.00. The van der Waals surface area contributed by atoms with Crippen molar-refractivity contribution in [2.45, 2.75) is 6.43 Å². The number of carbonyl (C=O) groups is 1. The second kappa shape index (κ2) is 5.07. The second-order valence-electron chi connectivity index (χ2n) is 2.71. The number of halogens is 3. The first kappa shape index (κ1) is 12.6. The molecule has 0 aliphatic heterocycles. The number of methoxy groups -OCH3 is 2. The quantitative estimate of drug-likeness (QED) is 0.771. The maximum Gasteiger partial charge on any atom is 0.266 e. The van der Waals surface area contributed by atoms with Gasteiger partial charge in [0.2, 0.25) is 0 Å². The van der Waals surface area contributed by atoms with Gasteiger partial charge in [-0.25, -0.2) is 13.8 Å². The van der Waals surface area contributed by atoms with Crippen molar-refractivity contribution in [3.63, 3.8) is 0 Å². The van der Waals surface area contributed by atoms with Crippen molar-refractivity contribution in [3.05, 3.63) is 17.3 Å². The normalized spacial score (nSPS) is 10.4. The van der Waals surface area contributed by atoms with Crippen LogP contribution in [-0.4, -0.2) is 24.4 Å². The molecule has 1 rings (SSSR count). The number of hydrogen-bond donors (Lipinski definition) is 0. The van der Waals surface area contributed by atoms with Crippen molar-refractivity contribution in [2.24, 2.45) is 0 Å². The highest BCUT2D eigenvalue weighted by Crippen LogP contribution is 2.36. The fourth-order valence-corrected chi connectivity index (χ4v) is 1.39. The Morgan fingerprint density at radius 3 is 2.44 bits per heavy atom. The van der Waals surface area contributed by atoms with E-state index in [1.54, 1.807) is 0 Å². The van der Waals surface area contributed by atoms with Gasteiger partial charge in [0.1, 0.15) is 0 Å². The molecule has 0 spiro atoms. The van der Waals surface area contributed by atoms with E-state index < -0.39 is 22.8 Å². The number of pyridine rings is 1.